The Morgan fingerprint density at radius 3 is 2.32 bits per heavy atom. The van der Waals surface area contributed by atoms with Gasteiger partial charge < -0.3 is 16.0 Å². The molecule has 132 valence electrons. The Hall–Kier alpha value is -2.82. The monoisotopic (exact) mass is 339 g/mol. The Morgan fingerprint density at radius 2 is 1.68 bits per heavy atom. The average Bonchev–Trinajstić information content (AvgIpc) is 2.65. The van der Waals surface area contributed by atoms with Crippen molar-refractivity contribution in [1.29, 1.82) is 0 Å². The number of carbonyl (C=O) groups is 2. The zero-order chi connectivity index (χ0) is 18.1. The molecule has 1 unspecified atom stereocenters. The molecule has 2 rings (SSSR count). The van der Waals surface area contributed by atoms with Crippen LogP contribution in [0.3, 0.4) is 0 Å². The van der Waals surface area contributed by atoms with E-state index in [0.29, 0.717) is 12.1 Å². The zero-order valence-electron chi connectivity index (χ0n) is 14.7. The average molecular weight is 339 g/mol. The predicted molar refractivity (Wildman–Crippen MR) is 101 cm³/mol. The number of carbonyl (C=O) groups excluding carboxylic acids is 2. The van der Waals surface area contributed by atoms with E-state index in [4.69, 9.17) is 0 Å². The highest BCUT2D eigenvalue weighted by atomic mass is 16.2. The first-order chi connectivity index (χ1) is 12.1. The Bertz CT molecular complexity index is 684. The molecule has 2 aromatic rings. The SMILES string of the molecule is CCCNC(=O)CNc1ccc(C(=O)NC(C)c2ccccc2)cc1. The summed E-state index contributed by atoms with van der Waals surface area (Å²) in [6, 6.07) is 16.9. The van der Waals surface area contributed by atoms with Crippen LogP contribution in [-0.2, 0) is 4.79 Å². The quantitative estimate of drug-likeness (QED) is 0.692. The van der Waals surface area contributed by atoms with Crippen molar-refractivity contribution < 1.29 is 9.59 Å². The van der Waals surface area contributed by atoms with Gasteiger partial charge in [0.25, 0.3) is 5.91 Å². The molecule has 0 heterocycles. The van der Waals surface area contributed by atoms with Gasteiger partial charge in [0.2, 0.25) is 5.91 Å². The summed E-state index contributed by atoms with van der Waals surface area (Å²) in [4.78, 5) is 23.9. The minimum atomic E-state index is -0.122. The molecule has 0 saturated heterocycles. The van der Waals surface area contributed by atoms with Crippen molar-refractivity contribution in [3.05, 3.63) is 65.7 Å². The van der Waals surface area contributed by atoms with Gasteiger partial charge in [-0.1, -0.05) is 37.3 Å². The maximum Gasteiger partial charge on any atom is 0.251 e. The molecule has 25 heavy (non-hydrogen) atoms. The molecule has 0 aliphatic heterocycles. The second kappa shape index (κ2) is 9.47. The van der Waals surface area contributed by atoms with Crippen molar-refractivity contribution in [3.8, 4) is 0 Å². The fourth-order valence-corrected chi connectivity index (χ4v) is 2.35. The van der Waals surface area contributed by atoms with Crippen LogP contribution in [0.25, 0.3) is 0 Å². The minimum absolute atomic E-state index is 0.0413. The van der Waals surface area contributed by atoms with Crippen molar-refractivity contribution in [2.24, 2.45) is 0 Å². The van der Waals surface area contributed by atoms with Gasteiger partial charge in [0.05, 0.1) is 12.6 Å². The van der Waals surface area contributed by atoms with E-state index in [2.05, 4.69) is 16.0 Å². The summed E-state index contributed by atoms with van der Waals surface area (Å²) in [5, 5.41) is 8.83. The number of nitrogens with one attached hydrogen (secondary N) is 3. The molecule has 5 nitrogen and oxygen atoms in total. The first kappa shape index (κ1) is 18.5. The third kappa shape index (κ3) is 5.95. The van der Waals surface area contributed by atoms with Gasteiger partial charge in [-0.15, -0.1) is 0 Å². The Kier molecular flexibility index (Phi) is 7.01. The molecule has 0 spiro atoms. The fourth-order valence-electron chi connectivity index (χ4n) is 2.35. The fraction of sp³-hybridized carbons (Fsp3) is 0.300. The zero-order valence-corrected chi connectivity index (χ0v) is 14.7. The summed E-state index contributed by atoms with van der Waals surface area (Å²) in [6.45, 7) is 4.87. The Balaban J connectivity index is 1.86. The lowest BCUT2D eigenvalue weighted by Crippen LogP contribution is -2.30. The maximum atomic E-state index is 12.3. The lowest BCUT2D eigenvalue weighted by molar-refractivity contribution is -0.119. The van der Waals surface area contributed by atoms with Gasteiger partial charge in [-0.2, -0.15) is 0 Å². The molecular weight excluding hydrogens is 314 g/mol. The summed E-state index contributed by atoms with van der Waals surface area (Å²) >= 11 is 0. The van der Waals surface area contributed by atoms with E-state index in [-0.39, 0.29) is 24.4 Å². The number of hydrogen-bond acceptors (Lipinski definition) is 3. The Morgan fingerprint density at radius 1 is 1.00 bits per heavy atom. The summed E-state index contributed by atoms with van der Waals surface area (Å²) in [7, 11) is 0. The van der Waals surface area contributed by atoms with Gasteiger partial charge in [0, 0.05) is 17.8 Å². The molecule has 0 aliphatic rings. The molecule has 0 aliphatic carbocycles. The highest BCUT2D eigenvalue weighted by Gasteiger charge is 2.11. The van der Waals surface area contributed by atoms with Gasteiger partial charge in [-0.3, -0.25) is 9.59 Å². The lowest BCUT2D eigenvalue weighted by atomic mass is 10.1. The highest BCUT2D eigenvalue weighted by Crippen LogP contribution is 2.14. The highest BCUT2D eigenvalue weighted by molar-refractivity contribution is 5.94. The lowest BCUT2D eigenvalue weighted by Gasteiger charge is -2.14. The van der Waals surface area contributed by atoms with Crippen LogP contribution in [0.4, 0.5) is 5.69 Å². The van der Waals surface area contributed by atoms with Crippen LogP contribution in [0, 0.1) is 0 Å². The molecule has 0 fully saturated rings. The molecule has 0 bridgehead atoms. The summed E-state index contributed by atoms with van der Waals surface area (Å²) in [5.74, 6) is -0.163. The third-order valence-electron chi connectivity index (χ3n) is 3.82. The van der Waals surface area contributed by atoms with Gasteiger partial charge in [-0.25, -0.2) is 0 Å². The largest absolute Gasteiger partial charge is 0.376 e. The van der Waals surface area contributed by atoms with Crippen LogP contribution < -0.4 is 16.0 Å². The van der Waals surface area contributed by atoms with Crippen molar-refractivity contribution in [2.75, 3.05) is 18.4 Å². The van der Waals surface area contributed by atoms with E-state index in [1.54, 1.807) is 24.3 Å². The van der Waals surface area contributed by atoms with Crippen LogP contribution in [-0.4, -0.2) is 24.9 Å². The minimum Gasteiger partial charge on any atom is -0.376 e. The normalized spacial score (nSPS) is 11.4. The first-order valence-electron chi connectivity index (χ1n) is 8.56. The Labute approximate surface area is 148 Å². The molecule has 0 aromatic heterocycles. The number of hydrogen-bond donors (Lipinski definition) is 3. The van der Waals surface area contributed by atoms with E-state index < -0.39 is 0 Å². The van der Waals surface area contributed by atoms with Crippen molar-refractivity contribution >= 4 is 17.5 Å². The standard InChI is InChI=1S/C20H25N3O2/c1-3-13-21-19(24)14-22-18-11-9-17(10-12-18)20(25)23-15(2)16-7-5-4-6-8-16/h4-12,15,22H,3,13-14H2,1-2H3,(H,21,24)(H,23,25). The number of rotatable bonds is 8. The molecule has 2 aromatic carbocycles. The molecule has 2 amide bonds. The number of amides is 2. The van der Waals surface area contributed by atoms with Gasteiger partial charge in [0.15, 0.2) is 0 Å². The second-order valence-electron chi connectivity index (χ2n) is 5.89. The van der Waals surface area contributed by atoms with Gasteiger partial charge >= 0.3 is 0 Å². The second-order valence-corrected chi connectivity index (χ2v) is 5.89. The van der Waals surface area contributed by atoms with E-state index in [1.807, 2.05) is 44.2 Å². The van der Waals surface area contributed by atoms with Crippen molar-refractivity contribution in [2.45, 2.75) is 26.3 Å². The maximum absolute atomic E-state index is 12.3. The topological polar surface area (TPSA) is 70.2 Å². The predicted octanol–water partition coefficient (Wildman–Crippen LogP) is 3.12. The van der Waals surface area contributed by atoms with Gasteiger partial charge in [-0.05, 0) is 43.2 Å². The summed E-state index contributed by atoms with van der Waals surface area (Å²) in [5.41, 5.74) is 2.45. The number of benzene rings is 2. The number of anilines is 1. The van der Waals surface area contributed by atoms with Crippen LogP contribution in [0.1, 0.15) is 42.2 Å². The summed E-state index contributed by atoms with van der Waals surface area (Å²) < 4.78 is 0. The van der Waals surface area contributed by atoms with Gasteiger partial charge in [0.1, 0.15) is 0 Å². The third-order valence-corrected chi connectivity index (χ3v) is 3.82. The van der Waals surface area contributed by atoms with E-state index in [9.17, 15) is 9.59 Å². The molecule has 0 saturated carbocycles. The molecule has 0 radical (unpaired) electrons. The molecular formula is C20H25N3O2. The van der Waals surface area contributed by atoms with E-state index >= 15 is 0 Å². The molecule has 5 heteroatoms. The van der Waals surface area contributed by atoms with Crippen molar-refractivity contribution in [3.63, 3.8) is 0 Å². The molecule has 1 atom stereocenters. The van der Waals surface area contributed by atoms with Crippen LogP contribution >= 0.6 is 0 Å². The molecule has 3 N–H and O–H groups in total. The van der Waals surface area contributed by atoms with Crippen molar-refractivity contribution in [1.82, 2.24) is 10.6 Å². The smallest absolute Gasteiger partial charge is 0.251 e. The van der Waals surface area contributed by atoms with E-state index in [0.717, 1.165) is 17.7 Å². The first-order valence-corrected chi connectivity index (χ1v) is 8.56. The van der Waals surface area contributed by atoms with E-state index in [1.165, 1.54) is 0 Å². The van der Waals surface area contributed by atoms with Crippen LogP contribution in [0.2, 0.25) is 0 Å². The van der Waals surface area contributed by atoms with Crippen LogP contribution in [0.5, 0.6) is 0 Å². The summed E-state index contributed by atoms with van der Waals surface area (Å²) in [6.07, 6.45) is 0.914. The van der Waals surface area contributed by atoms with Crippen LogP contribution in [0.15, 0.2) is 54.6 Å².